The summed E-state index contributed by atoms with van der Waals surface area (Å²) < 4.78 is 7.53. The molecule has 0 amide bonds. The van der Waals surface area contributed by atoms with E-state index in [2.05, 4.69) is 9.88 Å². The highest BCUT2D eigenvalue weighted by Gasteiger charge is 2.57. The molecule has 164 valence electrons. The van der Waals surface area contributed by atoms with Gasteiger partial charge in [0.2, 0.25) is 0 Å². The number of H-pyrrole nitrogens is 1. The molecule has 1 saturated heterocycles. The molecule has 5 aliphatic rings. The van der Waals surface area contributed by atoms with E-state index in [0.717, 1.165) is 37.0 Å². The average Bonchev–Trinajstić information content (AvgIpc) is 3.06. The Balaban J connectivity index is 1.48. The minimum Gasteiger partial charge on any atom is -0.394 e. The Labute approximate surface area is 180 Å². The first-order valence-corrected chi connectivity index (χ1v) is 11.4. The summed E-state index contributed by atoms with van der Waals surface area (Å²) in [4.78, 5) is 28.7. The smallest absolute Gasteiger partial charge is 0.330 e. The molecule has 3 atom stereocenters. The van der Waals surface area contributed by atoms with Gasteiger partial charge in [-0.05, 0) is 75.4 Å². The topological polar surface area (TPSA) is 114 Å². The largest absolute Gasteiger partial charge is 0.394 e. The Hall–Kier alpha value is -1.71. The van der Waals surface area contributed by atoms with Crippen LogP contribution in [0.25, 0.3) is 0 Å². The molecule has 0 radical (unpaired) electrons. The van der Waals surface area contributed by atoms with E-state index in [1.165, 1.54) is 30.0 Å². The number of nitrogens with zero attached hydrogens (tertiary/aromatic N) is 2. The van der Waals surface area contributed by atoms with Gasteiger partial charge in [0.05, 0.1) is 12.6 Å². The standard InChI is InChI=1S/C21H30N4O4S/c1-11-9-24(20(28)23-18(11)27)17-5-15(16(10-26)29-17)25(19(22)30)21-6-12-2-13(7-21)4-14(3-12)8-21/h9,12-17,26H,2-8,10H2,1H3,(H2,22,30)(H,23,27,28)/t12?,13?,14?,15?,16-,17-,21?/m1/s1. The fraction of sp³-hybridized carbons (Fsp3) is 0.762. The number of rotatable bonds is 4. The average molecular weight is 435 g/mol. The molecular formula is C21H30N4O4S. The molecule has 6 rings (SSSR count). The summed E-state index contributed by atoms with van der Waals surface area (Å²) >= 11 is 5.56. The van der Waals surface area contributed by atoms with Gasteiger partial charge >= 0.3 is 5.69 Å². The third-order valence-corrected chi connectivity index (χ3v) is 8.12. The van der Waals surface area contributed by atoms with Crippen LogP contribution in [-0.4, -0.2) is 49.0 Å². The lowest BCUT2D eigenvalue weighted by Crippen LogP contribution is -2.66. The van der Waals surface area contributed by atoms with Crippen LogP contribution in [0.15, 0.2) is 15.8 Å². The van der Waals surface area contributed by atoms with Crippen molar-refractivity contribution in [2.75, 3.05) is 6.61 Å². The number of hydrogen-bond acceptors (Lipinski definition) is 5. The van der Waals surface area contributed by atoms with Gasteiger partial charge in [0, 0.05) is 23.7 Å². The molecule has 4 saturated carbocycles. The number of aliphatic hydroxyl groups is 1. The van der Waals surface area contributed by atoms with Gasteiger partial charge in [-0.2, -0.15) is 0 Å². The molecule has 9 heteroatoms. The van der Waals surface area contributed by atoms with Crippen LogP contribution in [0, 0.1) is 24.7 Å². The van der Waals surface area contributed by atoms with E-state index < -0.39 is 23.6 Å². The van der Waals surface area contributed by atoms with Crippen LogP contribution in [0.5, 0.6) is 0 Å². The highest BCUT2D eigenvalue weighted by Crippen LogP contribution is 2.58. The second-order valence-corrected chi connectivity index (χ2v) is 10.4. The zero-order chi connectivity index (χ0) is 21.2. The molecular weight excluding hydrogens is 404 g/mol. The van der Waals surface area contributed by atoms with E-state index in [0.29, 0.717) is 17.1 Å². The summed E-state index contributed by atoms with van der Waals surface area (Å²) in [5.74, 6) is 2.18. The van der Waals surface area contributed by atoms with Crippen molar-refractivity contribution in [1.82, 2.24) is 14.5 Å². The van der Waals surface area contributed by atoms with Gasteiger partial charge in [0.1, 0.15) is 12.3 Å². The predicted octanol–water partition coefficient (Wildman–Crippen LogP) is 1.01. The SMILES string of the molecule is Cc1cn([C@H]2CC(N(C(N)=S)C34CC5CC(CC(C5)C3)C4)[C@@H](CO)O2)c(=O)[nH]c1=O. The second-order valence-electron chi connectivity index (χ2n) is 9.94. The number of aliphatic hydroxyl groups excluding tert-OH is 1. The Morgan fingerprint density at radius 2 is 1.87 bits per heavy atom. The molecule has 2 heterocycles. The molecule has 1 unspecified atom stereocenters. The maximum absolute atomic E-state index is 12.4. The molecule has 5 fully saturated rings. The number of aryl methyl sites for hydroxylation is 1. The normalized spacial score (nSPS) is 39.4. The Morgan fingerprint density at radius 3 is 2.40 bits per heavy atom. The summed E-state index contributed by atoms with van der Waals surface area (Å²) in [6, 6.07) is -0.201. The Kier molecular flexibility index (Phi) is 4.83. The van der Waals surface area contributed by atoms with E-state index in [9.17, 15) is 14.7 Å². The van der Waals surface area contributed by atoms with Crippen molar-refractivity contribution in [2.45, 2.75) is 75.8 Å². The highest BCUT2D eigenvalue weighted by atomic mass is 32.1. The quantitative estimate of drug-likeness (QED) is 0.606. The summed E-state index contributed by atoms with van der Waals surface area (Å²) in [7, 11) is 0. The number of ether oxygens (including phenoxy) is 1. The fourth-order valence-corrected chi connectivity index (χ4v) is 7.56. The van der Waals surface area contributed by atoms with Gasteiger partial charge in [-0.3, -0.25) is 14.3 Å². The third-order valence-electron chi connectivity index (χ3n) is 7.93. The predicted molar refractivity (Wildman–Crippen MR) is 115 cm³/mol. The fourth-order valence-electron chi connectivity index (χ4n) is 7.23. The van der Waals surface area contributed by atoms with Crippen molar-refractivity contribution >= 4 is 17.3 Å². The number of nitrogens with two attached hydrogens (primary N) is 1. The number of aromatic nitrogens is 2. The van der Waals surface area contributed by atoms with Crippen LogP contribution >= 0.6 is 12.2 Å². The minimum atomic E-state index is -0.582. The van der Waals surface area contributed by atoms with E-state index in [1.54, 1.807) is 6.92 Å². The molecule has 1 aromatic heterocycles. The first kappa shape index (κ1) is 20.2. The van der Waals surface area contributed by atoms with Crippen LogP contribution in [0.2, 0.25) is 0 Å². The van der Waals surface area contributed by atoms with Crippen LogP contribution in [0.4, 0.5) is 0 Å². The summed E-state index contributed by atoms with van der Waals surface area (Å²) in [5.41, 5.74) is 5.78. The maximum Gasteiger partial charge on any atom is 0.330 e. The molecule has 4 bridgehead atoms. The number of nitrogens with one attached hydrogen (secondary N) is 1. The number of thiocarbonyl (C=S) groups is 1. The Bertz CT molecular complexity index is 937. The molecule has 1 aliphatic heterocycles. The minimum absolute atomic E-state index is 0.0667. The van der Waals surface area contributed by atoms with E-state index in [1.807, 2.05) is 0 Å². The molecule has 30 heavy (non-hydrogen) atoms. The lowest BCUT2D eigenvalue weighted by atomic mass is 9.52. The van der Waals surface area contributed by atoms with E-state index in [-0.39, 0.29) is 18.2 Å². The summed E-state index contributed by atoms with van der Waals surface area (Å²) in [5, 5.41) is 10.5. The van der Waals surface area contributed by atoms with Crippen molar-refractivity contribution in [3.8, 4) is 0 Å². The van der Waals surface area contributed by atoms with E-state index >= 15 is 0 Å². The molecule has 4 N–H and O–H groups in total. The lowest BCUT2D eigenvalue weighted by molar-refractivity contribution is -0.0900. The van der Waals surface area contributed by atoms with E-state index in [4.69, 9.17) is 22.7 Å². The highest BCUT2D eigenvalue weighted by molar-refractivity contribution is 7.80. The van der Waals surface area contributed by atoms with Crippen LogP contribution in [0.1, 0.15) is 56.7 Å². The van der Waals surface area contributed by atoms with Gasteiger partial charge in [-0.15, -0.1) is 0 Å². The zero-order valence-electron chi connectivity index (χ0n) is 17.3. The van der Waals surface area contributed by atoms with Crippen LogP contribution < -0.4 is 17.0 Å². The zero-order valence-corrected chi connectivity index (χ0v) is 18.1. The van der Waals surface area contributed by atoms with Crippen LogP contribution in [-0.2, 0) is 4.74 Å². The second kappa shape index (κ2) is 7.17. The van der Waals surface area contributed by atoms with Gasteiger partial charge in [-0.25, -0.2) is 4.79 Å². The van der Waals surface area contributed by atoms with Crippen molar-refractivity contribution in [3.63, 3.8) is 0 Å². The van der Waals surface area contributed by atoms with Crippen molar-refractivity contribution in [1.29, 1.82) is 0 Å². The molecule has 4 aliphatic carbocycles. The van der Waals surface area contributed by atoms with Gasteiger partial charge in [-0.1, -0.05) is 0 Å². The molecule has 0 spiro atoms. The van der Waals surface area contributed by atoms with Gasteiger partial charge in [0.25, 0.3) is 5.56 Å². The van der Waals surface area contributed by atoms with Gasteiger partial charge in [0.15, 0.2) is 5.11 Å². The summed E-state index contributed by atoms with van der Waals surface area (Å²) in [6.45, 7) is 1.48. The maximum atomic E-state index is 12.4. The van der Waals surface area contributed by atoms with Crippen molar-refractivity contribution in [2.24, 2.45) is 23.5 Å². The lowest BCUT2D eigenvalue weighted by Gasteiger charge is -2.62. The van der Waals surface area contributed by atoms with Crippen molar-refractivity contribution < 1.29 is 9.84 Å². The third kappa shape index (κ3) is 3.13. The molecule has 8 nitrogen and oxygen atoms in total. The number of aromatic amines is 1. The number of hydrogen-bond donors (Lipinski definition) is 3. The first-order valence-electron chi connectivity index (χ1n) is 11.0. The molecule has 1 aromatic rings. The van der Waals surface area contributed by atoms with Gasteiger partial charge < -0.3 is 20.5 Å². The summed E-state index contributed by atoms with van der Waals surface area (Å²) in [6.07, 6.45) is 8.13. The van der Waals surface area contributed by atoms with Crippen molar-refractivity contribution in [3.05, 3.63) is 32.6 Å². The molecule has 0 aromatic carbocycles. The first-order chi connectivity index (χ1) is 14.3. The Morgan fingerprint density at radius 1 is 1.27 bits per heavy atom. The monoisotopic (exact) mass is 434 g/mol. The van der Waals surface area contributed by atoms with Crippen LogP contribution in [0.3, 0.4) is 0 Å².